The van der Waals surface area contributed by atoms with Crippen LogP contribution in [0.15, 0.2) is 46.9 Å². The number of halogens is 2. The van der Waals surface area contributed by atoms with Crippen LogP contribution in [-0.4, -0.2) is 43.7 Å². The summed E-state index contributed by atoms with van der Waals surface area (Å²) in [7, 11) is 0. The van der Waals surface area contributed by atoms with Crippen LogP contribution in [0, 0.1) is 0 Å². The Morgan fingerprint density at radius 2 is 1.85 bits per heavy atom. The fraction of sp³-hybridized carbons (Fsp3) is 0.350. The molecule has 7 heteroatoms. The Kier molecular flexibility index (Phi) is 6.99. The molecule has 2 amide bonds. The minimum Gasteiger partial charge on any atom is -0.366 e. The van der Waals surface area contributed by atoms with E-state index in [1.54, 1.807) is 0 Å². The van der Waals surface area contributed by atoms with Crippen molar-refractivity contribution in [3.63, 3.8) is 0 Å². The van der Waals surface area contributed by atoms with Gasteiger partial charge >= 0.3 is 6.03 Å². The molecule has 1 saturated heterocycles. The molecule has 0 saturated carbocycles. The lowest BCUT2D eigenvalue weighted by Crippen LogP contribution is -2.46. The highest BCUT2D eigenvalue weighted by molar-refractivity contribution is 9.10. The average Bonchev–Trinajstić information content (AvgIpc) is 2.63. The Bertz CT molecular complexity index is 793. The number of benzene rings is 2. The average molecular weight is 452 g/mol. The van der Waals surface area contributed by atoms with Gasteiger partial charge in [0.1, 0.15) is 0 Å². The van der Waals surface area contributed by atoms with Crippen molar-refractivity contribution >= 4 is 50.6 Å². The molecule has 0 bridgehead atoms. The quantitative estimate of drug-likeness (QED) is 0.650. The molecular weight excluding hydrogens is 428 g/mol. The standard InChI is InChI=1S/C20H24BrClN4O/c1-2-9-25-10-12-26(13-11-25)19-17(22)7-4-8-18(19)24-20(27)23-16-6-3-5-15(21)14-16/h3-8,14H,2,9-13H2,1H3,(H2,23,24,27). The van der Waals surface area contributed by atoms with Crippen LogP contribution in [0.2, 0.25) is 5.02 Å². The van der Waals surface area contributed by atoms with E-state index < -0.39 is 0 Å². The Hall–Kier alpha value is -1.76. The van der Waals surface area contributed by atoms with Gasteiger partial charge in [-0.2, -0.15) is 0 Å². The van der Waals surface area contributed by atoms with Crippen LogP contribution in [0.3, 0.4) is 0 Å². The molecule has 0 aliphatic carbocycles. The van der Waals surface area contributed by atoms with Gasteiger partial charge in [0.2, 0.25) is 0 Å². The first-order chi connectivity index (χ1) is 13.1. The molecule has 2 aromatic rings. The van der Waals surface area contributed by atoms with Gasteiger partial charge in [0.05, 0.1) is 16.4 Å². The number of nitrogens with zero attached hydrogens (tertiary/aromatic N) is 2. The number of hydrogen-bond donors (Lipinski definition) is 2. The van der Waals surface area contributed by atoms with Crippen molar-refractivity contribution in [2.45, 2.75) is 13.3 Å². The van der Waals surface area contributed by atoms with Crippen molar-refractivity contribution in [3.8, 4) is 0 Å². The smallest absolute Gasteiger partial charge is 0.323 e. The van der Waals surface area contributed by atoms with Crippen LogP contribution in [0.25, 0.3) is 0 Å². The van der Waals surface area contributed by atoms with Gasteiger partial charge in [0.15, 0.2) is 0 Å². The molecule has 0 spiro atoms. The predicted octanol–water partition coefficient (Wildman–Crippen LogP) is 5.28. The molecule has 1 aliphatic heterocycles. The van der Waals surface area contributed by atoms with Crippen LogP contribution >= 0.6 is 27.5 Å². The van der Waals surface area contributed by atoms with Crippen molar-refractivity contribution in [3.05, 3.63) is 52.0 Å². The Morgan fingerprint density at radius 1 is 1.11 bits per heavy atom. The predicted molar refractivity (Wildman–Crippen MR) is 117 cm³/mol. The summed E-state index contributed by atoms with van der Waals surface area (Å²) in [5.74, 6) is 0. The van der Waals surface area contributed by atoms with E-state index in [0.717, 1.165) is 60.7 Å². The van der Waals surface area contributed by atoms with E-state index in [-0.39, 0.29) is 6.03 Å². The highest BCUT2D eigenvalue weighted by Crippen LogP contribution is 2.34. The lowest BCUT2D eigenvalue weighted by molar-refractivity contribution is 0.258. The fourth-order valence-electron chi connectivity index (χ4n) is 3.30. The van der Waals surface area contributed by atoms with Gasteiger partial charge in [0.25, 0.3) is 0 Å². The zero-order valence-electron chi connectivity index (χ0n) is 15.3. The monoisotopic (exact) mass is 450 g/mol. The molecule has 2 N–H and O–H groups in total. The van der Waals surface area contributed by atoms with Gasteiger partial charge in [-0.25, -0.2) is 4.79 Å². The van der Waals surface area contributed by atoms with E-state index in [9.17, 15) is 4.79 Å². The van der Waals surface area contributed by atoms with E-state index in [0.29, 0.717) is 5.02 Å². The van der Waals surface area contributed by atoms with E-state index in [1.165, 1.54) is 0 Å². The summed E-state index contributed by atoms with van der Waals surface area (Å²) >= 11 is 9.90. The van der Waals surface area contributed by atoms with Crippen LogP contribution in [0.5, 0.6) is 0 Å². The van der Waals surface area contributed by atoms with Crippen molar-refractivity contribution < 1.29 is 4.79 Å². The normalized spacial score (nSPS) is 14.9. The lowest BCUT2D eigenvalue weighted by atomic mass is 10.2. The van der Waals surface area contributed by atoms with E-state index in [2.05, 4.69) is 43.3 Å². The second-order valence-corrected chi connectivity index (χ2v) is 7.88. The first kappa shape index (κ1) is 20.0. The topological polar surface area (TPSA) is 47.6 Å². The molecule has 0 aromatic heterocycles. The summed E-state index contributed by atoms with van der Waals surface area (Å²) in [6.07, 6.45) is 1.16. The number of para-hydroxylation sites is 1. The minimum absolute atomic E-state index is 0.291. The van der Waals surface area contributed by atoms with Crippen molar-refractivity contribution in [2.75, 3.05) is 48.3 Å². The van der Waals surface area contributed by atoms with Gasteiger partial charge in [-0.3, -0.25) is 4.90 Å². The molecule has 0 radical (unpaired) electrons. The maximum absolute atomic E-state index is 12.5. The molecular formula is C20H24BrClN4O. The van der Waals surface area contributed by atoms with Gasteiger partial charge in [-0.15, -0.1) is 0 Å². The molecule has 1 fully saturated rings. The first-order valence-corrected chi connectivity index (χ1v) is 10.3. The van der Waals surface area contributed by atoms with Crippen LogP contribution < -0.4 is 15.5 Å². The van der Waals surface area contributed by atoms with Gasteiger partial charge in [0, 0.05) is 36.3 Å². The fourth-order valence-corrected chi connectivity index (χ4v) is 3.99. The van der Waals surface area contributed by atoms with E-state index >= 15 is 0 Å². The Balaban J connectivity index is 1.71. The van der Waals surface area contributed by atoms with Gasteiger partial charge < -0.3 is 15.5 Å². The van der Waals surface area contributed by atoms with Crippen molar-refractivity contribution in [1.29, 1.82) is 0 Å². The van der Waals surface area contributed by atoms with Crippen LogP contribution in [0.1, 0.15) is 13.3 Å². The zero-order chi connectivity index (χ0) is 19.2. The van der Waals surface area contributed by atoms with Gasteiger partial charge in [-0.1, -0.05) is 46.6 Å². The molecule has 144 valence electrons. The molecule has 1 heterocycles. The molecule has 3 rings (SSSR count). The lowest BCUT2D eigenvalue weighted by Gasteiger charge is -2.37. The summed E-state index contributed by atoms with van der Waals surface area (Å²) < 4.78 is 0.911. The second-order valence-electron chi connectivity index (χ2n) is 6.55. The number of amides is 2. The highest BCUT2D eigenvalue weighted by atomic mass is 79.9. The molecule has 0 unspecified atom stereocenters. The Morgan fingerprint density at radius 3 is 2.56 bits per heavy atom. The largest absolute Gasteiger partial charge is 0.366 e. The zero-order valence-corrected chi connectivity index (χ0v) is 17.7. The number of hydrogen-bond acceptors (Lipinski definition) is 3. The summed E-state index contributed by atoms with van der Waals surface area (Å²) in [6.45, 7) is 7.12. The number of carbonyl (C=O) groups excluding carboxylic acids is 1. The molecule has 1 aliphatic rings. The number of piperazine rings is 1. The first-order valence-electron chi connectivity index (χ1n) is 9.16. The summed E-state index contributed by atoms with van der Waals surface area (Å²) in [5.41, 5.74) is 2.33. The SMILES string of the molecule is CCCN1CCN(c2c(Cl)cccc2NC(=O)Nc2cccc(Br)c2)CC1. The van der Waals surface area contributed by atoms with Crippen LogP contribution in [-0.2, 0) is 0 Å². The highest BCUT2D eigenvalue weighted by Gasteiger charge is 2.21. The van der Waals surface area contributed by atoms with E-state index in [4.69, 9.17) is 11.6 Å². The summed E-state index contributed by atoms with van der Waals surface area (Å²) in [4.78, 5) is 17.2. The number of carbonyl (C=O) groups is 1. The van der Waals surface area contributed by atoms with Gasteiger partial charge in [-0.05, 0) is 43.3 Å². The Labute approximate surface area is 173 Å². The van der Waals surface area contributed by atoms with E-state index in [1.807, 2.05) is 42.5 Å². The number of anilines is 3. The van der Waals surface area contributed by atoms with Crippen molar-refractivity contribution in [1.82, 2.24) is 4.90 Å². The second kappa shape index (κ2) is 9.44. The number of urea groups is 1. The summed E-state index contributed by atoms with van der Waals surface area (Å²) in [6, 6.07) is 12.8. The minimum atomic E-state index is -0.291. The molecule has 27 heavy (non-hydrogen) atoms. The molecule has 2 aromatic carbocycles. The number of rotatable bonds is 5. The van der Waals surface area contributed by atoms with Crippen LogP contribution in [0.4, 0.5) is 21.9 Å². The maximum Gasteiger partial charge on any atom is 0.323 e. The maximum atomic E-state index is 12.5. The van der Waals surface area contributed by atoms with Crippen molar-refractivity contribution in [2.24, 2.45) is 0 Å². The molecule has 0 atom stereocenters. The third-order valence-corrected chi connectivity index (χ3v) is 5.34. The summed E-state index contributed by atoms with van der Waals surface area (Å²) in [5, 5.41) is 6.45. The third-order valence-electron chi connectivity index (χ3n) is 4.55. The number of nitrogens with one attached hydrogen (secondary N) is 2. The molecule has 5 nitrogen and oxygen atoms in total. The third kappa shape index (κ3) is 5.37.